The van der Waals surface area contributed by atoms with Gasteiger partial charge in [-0.25, -0.2) is 4.79 Å². The van der Waals surface area contributed by atoms with Crippen molar-refractivity contribution in [1.82, 2.24) is 10.2 Å². The van der Waals surface area contributed by atoms with Crippen LogP contribution in [0.3, 0.4) is 0 Å². The number of nitrogens with one attached hydrogen (secondary N) is 1. The summed E-state index contributed by atoms with van der Waals surface area (Å²) in [5, 5.41) is 11.9. The largest absolute Gasteiger partial charge is 0.480 e. The third-order valence-electron chi connectivity index (χ3n) is 4.68. The van der Waals surface area contributed by atoms with E-state index in [-0.39, 0.29) is 17.7 Å². The van der Waals surface area contributed by atoms with Gasteiger partial charge in [-0.2, -0.15) is 0 Å². The molecule has 24 heavy (non-hydrogen) atoms. The molecular formula is C18H24N2O4. The van der Waals surface area contributed by atoms with Gasteiger partial charge >= 0.3 is 5.97 Å². The highest BCUT2D eigenvalue weighted by atomic mass is 16.4. The van der Waals surface area contributed by atoms with Crippen LogP contribution in [0.4, 0.5) is 0 Å². The summed E-state index contributed by atoms with van der Waals surface area (Å²) in [4.78, 5) is 38.0. The molecule has 1 aromatic carbocycles. The molecule has 6 heteroatoms. The molecule has 1 aliphatic rings. The first-order valence-corrected chi connectivity index (χ1v) is 8.27. The molecule has 2 rings (SSSR count). The highest BCUT2D eigenvalue weighted by Crippen LogP contribution is 2.20. The lowest BCUT2D eigenvalue weighted by molar-refractivity contribution is -0.148. The van der Waals surface area contributed by atoms with E-state index in [4.69, 9.17) is 0 Å². The summed E-state index contributed by atoms with van der Waals surface area (Å²) in [6, 6.07) is 8.97. The maximum atomic E-state index is 12.5. The maximum absolute atomic E-state index is 12.5. The topological polar surface area (TPSA) is 86.7 Å². The lowest BCUT2D eigenvalue weighted by Crippen LogP contribution is -2.55. The van der Waals surface area contributed by atoms with Crippen LogP contribution in [0.25, 0.3) is 0 Å². The van der Waals surface area contributed by atoms with Crippen LogP contribution < -0.4 is 5.32 Å². The Morgan fingerprint density at radius 3 is 2.54 bits per heavy atom. The number of carboxylic acid groups (broad SMARTS) is 1. The van der Waals surface area contributed by atoms with E-state index >= 15 is 0 Å². The fourth-order valence-corrected chi connectivity index (χ4v) is 2.81. The predicted molar refractivity (Wildman–Crippen MR) is 89.5 cm³/mol. The number of carboxylic acids is 1. The molecule has 130 valence electrons. The van der Waals surface area contributed by atoms with Crippen molar-refractivity contribution in [2.75, 3.05) is 13.1 Å². The maximum Gasteiger partial charge on any atom is 0.329 e. The lowest BCUT2D eigenvalue weighted by atomic mass is 9.93. The van der Waals surface area contributed by atoms with Crippen LogP contribution in [0.15, 0.2) is 30.3 Å². The number of carbonyl (C=O) groups is 3. The molecule has 0 radical (unpaired) electrons. The molecule has 1 aliphatic heterocycles. The molecule has 2 atom stereocenters. The Labute approximate surface area is 141 Å². The number of carbonyl (C=O) groups excluding carboxylic acids is 2. The normalized spacial score (nSPS) is 20.1. The Balaban J connectivity index is 2.04. The van der Waals surface area contributed by atoms with Gasteiger partial charge in [0.15, 0.2) is 0 Å². The summed E-state index contributed by atoms with van der Waals surface area (Å²) >= 11 is 0. The van der Waals surface area contributed by atoms with Gasteiger partial charge in [0.2, 0.25) is 5.91 Å². The quantitative estimate of drug-likeness (QED) is 0.862. The molecule has 1 saturated heterocycles. The standard InChI is InChI=1S/C18H24N2O4/c1-3-18(2,17(23)24)19-15(21)14-10-7-11-20(12-14)16(22)13-8-5-4-6-9-13/h4-6,8-9,14H,3,7,10-12H2,1-2H3,(H,19,21)(H,23,24). The third kappa shape index (κ3) is 3.93. The summed E-state index contributed by atoms with van der Waals surface area (Å²) < 4.78 is 0. The van der Waals surface area contributed by atoms with E-state index in [1.807, 2.05) is 6.07 Å². The summed E-state index contributed by atoms with van der Waals surface area (Å²) in [7, 11) is 0. The lowest BCUT2D eigenvalue weighted by Gasteiger charge is -2.34. The van der Waals surface area contributed by atoms with Crippen LogP contribution in [-0.2, 0) is 9.59 Å². The zero-order valence-corrected chi connectivity index (χ0v) is 14.1. The van der Waals surface area contributed by atoms with Crippen molar-refractivity contribution < 1.29 is 19.5 Å². The first kappa shape index (κ1) is 18.0. The zero-order chi connectivity index (χ0) is 17.7. The van der Waals surface area contributed by atoms with Crippen LogP contribution in [0, 0.1) is 5.92 Å². The number of aliphatic carboxylic acids is 1. The number of piperidine rings is 1. The Morgan fingerprint density at radius 2 is 1.96 bits per heavy atom. The van der Waals surface area contributed by atoms with Gasteiger partial charge in [-0.05, 0) is 38.3 Å². The van der Waals surface area contributed by atoms with Gasteiger partial charge in [0.1, 0.15) is 5.54 Å². The molecular weight excluding hydrogens is 308 g/mol. The number of amides is 2. The van der Waals surface area contributed by atoms with E-state index in [1.165, 1.54) is 6.92 Å². The van der Waals surface area contributed by atoms with Crippen molar-refractivity contribution in [3.8, 4) is 0 Å². The van der Waals surface area contributed by atoms with Gasteiger partial charge in [-0.3, -0.25) is 9.59 Å². The average molecular weight is 332 g/mol. The third-order valence-corrected chi connectivity index (χ3v) is 4.68. The van der Waals surface area contributed by atoms with Crippen molar-refractivity contribution in [1.29, 1.82) is 0 Å². The number of benzene rings is 1. The smallest absolute Gasteiger partial charge is 0.329 e. The van der Waals surface area contributed by atoms with Crippen LogP contribution >= 0.6 is 0 Å². The van der Waals surface area contributed by atoms with Gasteiger partial charge in [0, 0.05) is 18.7 Å². The molecule has 2 N–H and O–H groups in total. The molecule has 2 amide bonds. The molecule has 0 spiro atoms. The van der Waals surface area contributed by atoms with Crippen molar-refractivity contribution in [2.45, 2.75) is 38.6 Å². The first-order valence-electron chi connectivity index (χ1n) is 8.27. The van der Waals surface area contributed by atoms with E-state index < -0.39 is 11.5 Å². The highest BCUT2D eigenvalue weighted by Gasteiger charge is 2.36. The second-order valence-corrected chi connectivity index (χ2v) is 6.44. The fraction of sp³-hybridized carbons (Fsp3) is 0.500. The minimum Gasteiger partial charge on any atom is -0.480 e. The summed E-state index contributed by atoms with van der Waals surface area (Å²) in [6.07, 6.45) is 1.68. The fourth-order valence-electron chi connectivity index (χ4n) is 2.81. The minimum atomic E-state index is -1.28. The van der Waals surface area contributed by atoms with E-state index in [0.717, 1.165) is 6.42 Å². The van der Waals surface area contributed by atoms with Crippen molar-refractivity contribution in [3.63, 3.8) is 0 Å². The van der Waals surface area contributed by atoms with E-state index in [1.54, 1.807) is 36.1 Å². The predicted octanol–water partition coefficient (Wildman–Crippen LogP) is 1.91. The molecule has 0 saturated carbocycles. The van der Waals surface area contributed by atoms with Gasteiger partial charge in [-0.15, -0.1) is 0 Å². The average Bonchev–Trinajstić information content (AvgIpc) is 2.61. The van der Waals surface area contributed by atoms with Gasteiger partial charge in [-0.1, -0.05) is 25.1 Å². The number of hydrogen-bond donors (Lipinski definition) is 2. The number of nitrogens with zero attached hydrogens (tertiary/aromatic N) is 1. The second-order valence-electron chi connectivity index (χ2n) is 6.44. The van der Waals surface area contributed by atoms with E-state index in [9.17, 15) is 19.5 Å². The molecule has 2 unspecified atom stereocenters. The van der Waals surface area contributed by atoms with Crippen molar-refractivity contribution >= 4 is 17.8 Å². The Bertz CT molecular complexity index is 617. The van der Waals surface area contributed by atoms with Gasteiger partial charge in [0.25, 0.3) is 5.91 Å². The first-order chi connectivity index (χ1) is 11.4. The Morgan fingerprint density at radius 1 is 1.29 bits per heavy atom. The van der Waals surface area contributed by atoms with Crippen LogP contribution in [0.2, 0.25) is 0 Å². The van der Waals surface area contributed by atoms with Crippen molar-refractivity contribution in [2.24, 2.45) is 5.92 Å². The Hall–Kier alpha value is -2.37. The second kappa shape index (κ2) is 7.47. The monoisotopic (exact) mass is 332 g/mol. The summed E-state index contributed by atoms with van der Waals surface area (Å²) in [5.74, 6) is -1.82. The molecule has 0 aromatic heterocycles. The molecule has 0 aliphatic carbocycles. The number of hydrogen-bond acceptors (Lipinski definition) is 3. The Kier molecular flexibility index (Phi) is 5.59. The zero-order valence-electron chi connectivity index (χ0n) is 14.1. The number of likely N-dealkylation sites (tertiary alicyclic amines) is 1. The van der Waals surface area contributed by atoms with E-state index in [2.05, 4.69) is 5.32 Å². The van der Waals surface area contributed by atoms with Crippen LogP contribution in [0.5, 0.6) is 0 Å². The van der Waals surface area contributed by atoms with Crippen LogP contribution in [0.1, 0.15) is 43.5 Å². The van der Waals surface area contributed by atoms with Gasteiger partial charge < -0.3 is 15.3 Å². The summed E-state index contributed by atoms with van der Waals surface area (Å²) in [5.41, 5.74) is -0.675. The van der Waals surface area contributed by atoms with E-state index in [0.29, 0.717) is 31.5 Å². The van der Waals surface area contributed by atoms with Crippen molar-refractivity contribution in [3.05, 3.63) is 35.9 Å². The SMILES string of the molecule is CCC(C)(NC(=O)C1CCCN(C(=O)c2ccccc2)C1)C(=O)O. The number of rotatable bonds is 5. The van der Waals surface area contributed by atoms with Gasteiger partial charge in [0.05, 0.1) is 5.92 Å². The molecule has 1 heterocycles. The van der Waals surface area contributed by atoms with Crippen LogP contribution in [-0.4, -0.2) is 46.4 Å². The molecule has 6 nitrogen and oxygen atoms in total. The molecule has 1 aromatic rings. The summed E-state index contributed by atoms with van der Waals surface area (Å²) in [6.45, 7) is 4.16. The molecule has 1 fully saturated rings. The molecule has 0 bridgehead atoms. The minimum absolute atomic E-state index is 0.0930. The highest BCUT2D eigenvalue weighted by molar-refractivity contribution is 5.95.